The average molecular weight is 356 g/mol. The van der Waals surface area contributed by atoms with E-state index < -0.39 is 4.92 Å². The van der Waals surface area contributed by atoms with Gasteiger partial charge in [0.05, 0.1) is 12.0 Å². The van der Waals surface area contributed by atoms with Gasteiger partial charge in [-0.15, -0.1) is 10.2 Å². The van der Waals surface area contributed by atoms with Crippen molar-refractivity contribution in [3.8, 4) is 16.3 Å². The molecule has 9 heteroatoms. The second-order valence-corrected chi connectivity index (χ2v) is 5.88. The number of nitrogens with one attached hydrogen (secondary N) is 1. The molecule has 0 saturated heterocycles. The summed E-state index contributed by atoms with van der Waals surface area (Å²) in [6.07, 6.45) is 0. The first-order chi connectivity index (χ1) is 12.1. The molecule has 1 N–H and O–H groups in total. The van der Waals surface area contributed by atoms with Crippen molar-refractivity contribution >= 4 is 28.1 Å². The third-order valence-corrected chi connectivity index (χ3v) is 4.19. The molecule has 1 amide bonds. The second kappa shape index (κ2) is 7.05. The van der Waals surface area contributed by atoms with E-state index in [0.29, 0.717) is 27.0 Å². The Hall–Kier alpha value is -3.33. The molecule has 8 nitrogen and oxygen atoms in total. The monoisotopic (exact) mass is 356 g/mol. The first-order valence-electron chi connectivity index (χ1n) is 7.10. The van der Waals surface area contributed by atoms with Crippen molar-refractivity contribution < 1.29 is 14.5 Å². The van der Waals surface area contributed by atoms with Crippen LogP contribution in [0.15, 0.2) is 48.5 Å². The van der Waals surface area contributed by atoms with E-state index >= 15 is 0 Å². The summed E-state index contributed by atoms with van der Waals surface area (Å²) in [6, 6.07) is 12.7. The van der Waals surface area contributed by atoms with Crippen LogP contribution in [0.3, 0.4) is 0 Å². The molecule has 0 fully saturated rings. The minimum absolute atomic E-state index is 0.000170. The Balaban J connectivity index is 1.74. The van der Waals surface area contributed by atoms with Crippen molar-refractivity contribution in [3.05, 3.63) is 64.2 Å². The van der Waals surface area contributed by atoms with Gasteiger partial charge in [0.25, 0.3) is 11.6 Å². The van der Waals surface area contributed by atoms with Crippen LogP contribution in [0.2, 0.25) is 0 Å². The Bertz CT molecular complexity index is 924. The molecule has 2 aromatic carbocycles. The number of benzene rings is 2. The van der Waals surface area contributed by atoms with E-state index in [1.807, 2.05) is 0 Å². The second-order valence-electron chi connectivity index (χ2n) is 4.90. The number of aromatic nitrogens is 2. The maximum Gasteiger partial charge on any atom is 0.269 e. The SMILES string of the molecule is COc1cccc(C(=O)Nc2nnc(-c3ccc([N+](=O)[O-])cc3)s2)c1. The van der Waals surface area contributed by atoms with Gasteiger partial charge in [0, 0.05) is 23.3 Å². The van der Waals surface area contributed by atoms with Gasteiger partial charge in [-0.3, -0.25) is 20.2 Å². The highest BCUT2D eigenvalue weighted by atomic mass is 32.1. The summed E-state index contributed by atoms with van der Waals surface area (Å²) < 4.78 is 5.09. The number of non-ortho nitro benzene ring substituents is 1. The lowest BCUT2D eigenvalue weighted by molar-refractivity contribution is -0.384. The van der Waals surface area contributed by atoms with E-state index in [1.165, 1.54) is 30.6 Å². The highest BCUT2D eigenvalue weighted by molar-refractivity contribution is 7.18. The molecule has 3 aromatic rings. The first-order valence-corrected chi connectivity index (χ1v) is 7.92. The van der Waals surface area contributed by atoms with Crippen molar-refractivity contribution in [1.82, 2.24) is 10.2 Å². The molecule has 126 valence electrons. The molecule has 1 heterocycles. The molecule has 3 rings (SSSR count). The van der Waals surface area contributed by atoms with Crippen LogP contribution in [0.5, 0.6) is 5.75 Å². The van der Waals surface area contributed by atoms with E-state index in [9.17, 15) is 14.9 Å². The first kappa shape index (κ1) is 16.5. The lowest BCUT2D eigenvalue weighted by Crippen LogP contribution is -2.11. The van der Waals surface area contributed by atoms with Gasteiger partial charge >= 0.3 is 0 Å². The highest BCUT2D eigenvalue weighted by Crippen LogP contribution is 2.28. The standard InChI is InChI=1S/C16H12N4O4S/c1-24-13-4-2-3-11(9-13)14(21)17-16-19-18-15(25-16)10-5-7-12(8-6-10)20(22)23/h2-9H,1H3,(H,17,19,21). The smallest absolute Gasteiger partial charge is 0.269 e. The fraction of sp³-hybridized carbons (Fsp3) is 0.0625. The molecule has 0 saturated carbocycles. The Kier molecular flexibility index (Phi) is 4.66. The number of methoxy groups -OCH3 is 1. The Morgan fingerprint density at radius 1 is 1.20 bits per heavy atom. The van der Waals surface area contributed by atoms with Crippen LogP contribution in [-0.4, -0.2) is 28.1 Å². The number of carbonyl (C=O) groups is 1. The molecule has 0 atom stereocenters. The van der Waals surface area contributed by atoms with Crippen molar-refractivity contribution in [1.29, 1.82) is 0 Å². The van der Waals surface area contributed by atoms with Crippen molar-refractivity contribution in [2.45, 2.75) is 0 Å². The van der Waals surface area contributed by atoms with Gasteiger partial charge in [-0.1, -0.05) is 17.4 Å². The molecule has 0 aliphatic heterocycles. The number of nitrogens with zero attached hydrogens (tertiary/aromatic N) is 3. The van der Waals surface area contributed by atoms with E-state index in [2.05, 4.69) is 15.5 Å². The fourth-order valence-corrected chi connectivity index (χ4v) is 2.79. The van der Waals surface area contributed by atoms with Gasteiger partial charge in [0.1, 0.15) is 10.8 Å². The van der Waals surface area contributed by atoms with E-state index in [0.717, 1.165) is 0 Å². The Morgan fingerprint density at radius 2 is 1.96 bits per heavy atom. The summed E-state index contributed by atoms with van der Waals surface area (Å²) in [4.78, 5) is 22.5. The quantitative estimate of drug-likeness (QED) is 0.555. The number of hydrogen-bond donors (Lipinski definition) is 1. The largest absolute Gasteiger partial charge is 0.497 e. The number of carbonyl (C=O) groups excluding carboxylic acids is 1. The van der Waals surface area contributed by atoms with Crippen LogP contribution in [0.25, 0.3) is 10.6 Å². The summed E-state index contributed by atoms with van der Waals surface area (Å²) >= 11 is 1.18. The van der Waals surface area contributed by atoms with E-state index in [1.54, 1.807) is 36.4 Å². The number of rotatable bonds is 5. The van der Waals surface area contributed by atoms with Crippen molar-refractivity contribution in [2.24, 2.45) is 0 Å². The summed E-state index contributed by atoms with van der Waals surface area (Å²) in [5, 5.41) is 22.2. The summed E-state index contributed by atoms with van der Waals surface area (Å²) in [5.74, 6) is 0.252. The van der Waals surface area contributed by atoms with Crippen LogP contribution >= 0.6 is 11.3 Å². The number of anilines is 1. The topological polar surface area (TPSA) is 107 Å². The fourth-order valence-electron chi connectivity index (χ4n) is 2.05. The number of ether oxygens (including phenoxy) is 1. The Labute approximate surface area is 146 Å². The van der Waals surface area contributed by atoms with Crippen LogP contribution in [0.4, 0.5) is 10.8 Å². The zero-order valence-corrected chi connectivity index (χ0v) is 13.8. The molecule has 0 aliphatic rings. The molecule has 1 aromatic heterocycles. The molecule has 0 aliphatic carbocycles. The van der Waals surface area contributed by atoms with Crippen LogP contribution < -0.4 is 10.1 Å². The minimum Gasteiger partial charge on any atom is -0.497 e. The van der Waals surface area contributed by atoms with Gasteiger partial charge in [0.2, 0.25) is 5.13 Å². The van der Waals surface area contributed by atoms with Gasteiger partial charge < -0.3 is 4.74 Å². The molecule has 0 unspecified atom stereocenters. The third kappa shape index (κ3) is 3.78. The summed E-state index contributed by atoms with van der Waals surface area (Å²) in [5.41, 5.74) is 1.12. The van der Waals surface area contributed by atoms with Crippen molar-refractivity contribution in [3.63, 3.8) is 0 Å². The van der Waals surface area contributed by atoms with Gasteiger partial charge in [0.15, 0.2) is 0 Å². The molecule has 0 spiro atoms. The molecule has 25 heavy (non-hydrogen) atoms. The van der Waals surface area contributed by atoms with Crippen LogP contribution in [0.1, 0.15) is 10.4 Å². The zero-order chi connectivity index (χ0) is 17.8. The lowest BCUT2D eigenvalue weighted by Gasteiger charge is -2.03. The van der Waals surface area contributed by atoms with Gasteiger partial charge in [-0.25, -0.2) is 0 Å². The number of nitro benzene ring substituents is 1. The minimum atomic E-state index is -0.469. The lowest BCUT2D eigenvalue weighted by atomic mass is 10.2. The van der Waals surface area contributed by atoms with Crippen LogP contribution in [-0.2, 0) is 0 Å². The van der Waals surface area contributed by atoms with Crippen molar-refractivity contribution in [2.75, 3.05) is 12.4 Å². The third-order valence-electron chi connectivity index (χ3n) is 3.30. The average Bonchev–Trinajstić information content (AvgIpc) is 3.10. The number of hydrogen-bond acceptors (Lipinski definition) is 7. The molecular weight excluding hydrogens is 344 g/mol. The molecular formula is C16H12N4O4S. The maximum atomic E-state index is 12.2. The van der Waals surface area contributed by atoms with Crippen LogP contribution in [0, 0.1) is 10.1 Å². The van der Waals surface area contributed by atoms with E-state index in [4.69, 9.17) is 4.74 Å². The predicted octanol–water partition coefficient (Wildman–Crippen LogP) is 3.37. The van der Waals surface area contributed by atoms with Gasteiger partial charge in [-0.2, -0.15) is 0 Å². The molecule has 0 bridgehead atoms. The maximum absolute atomic E-state index is 12.2. The van der Waals surface area contributed by atoms with Gasteiger partial charge in [-0.05, 0) is 30.3 Å². The Morgan fingerprint density at radius 3 is 2.64 bits per heavy atom. The number of amides is 1. The zero-order valence-electron chi connectivity index (χ0n) is 13.0. The summed E-state index contributed by atoms with van der Waals surface area (Å²) in [7, 11) is 1.53. The number of nitro groups is 1. The van der Waals surface area contributed by atoms with E-state index in [-0.39, 0.29) is 11.6 Å². The predicted molar refractivity (Wildman–Crippen MR) is 92.9 cm³/mol. The molecule has 0 radical (unpaired) electrons. The summed E-state index contributed by atoms with van der Waals surface area (Å²) in [6.45, 7) is 0. The highest BCUT2D eigenvalue weighted by Gasteiger charge is 2.13. The normalized spacial score (nSPS) is 10.3.